The third-order valence-corrected chi connectivity index (χ3v) is 4.80. The van der Waals surface area contributed by atoms with E-state index < -0.39 is 10.0 Å². The van der Waals surface area contributed by atoms with Crippen molar-refractivity contribution in [3.8, 4) is 0 Å². The SMILES string of the molecule is Cc1cc(S(=O)(=O)N(C)c2ccccc2)ccc1N. The first-order valence-electron chi connectivity index (χ1n) is 5.83. The Labute approximate surface area is 113 Å². The number of nitrogens with zero attached hydrogens (tertiary/aromatic N) is 1. The van der Waals surface area contributed by atoms with Crippen molar-refractivity contribution in [3.63, 3.8) is 0 Å². The predicted molar refractivity (Wildman–Crippen MR) is 77.6 cm³/mol. The number of hydrogen-bond acceptors (Lipinski definition) is 3. The molecule has 100 valence electrons. The van der Waals surface area contributed by atoms with Crippen molar-refractivity contribution < 1.29 is 8.42 Å². The van der Waals surface area contributed by atoms with Crippen LogP contribution in [0.1, 0.15) is 5.56 Å². The van der Waals surface area contributed by atoms with E-state index in [2.05, 4.69) is 0 Å². The van der Waals surface area contributed by atoms with Crippen molar-refractivity contribution in [2.75, 3.05) is 17.1 Å². The van der Waals surface area contributed by atoms with Crippen molar-refractivity contribution in [2.24, 2.45) is 0 Å². The van der Waals surface area contributed by atoms with E-state index >= 15 is 0 Å². The second-order valence-corrected chi connectivity index (χ2v) is 6.30. The minimum absolute atomic E-state index is 0.241. The molecule has 0 aliphatic heterocycles. The molecular weight excluding hydrogens is 260 g/mol. The molecular formula is C14H16N2O2S. The zero-order valence-electron chi connectivity index (χ0n) is 10.9. The van der Waals surface area contributed by atoms with Crippen molar-refractivity contribution >= 4 is 21.4 Å². The molecule has 2 rings (SSSR count). The number of hydrogen-bond donors (Lipinski definition) is 1. The molecule has 0 aromatic heterocycles. The maximum absolute atomic E-state index is 12.5. The summed E-state index contributed by atoms with van der Waals surface area (Å²) in [6, 6.07) is 13.7. The monoisotopic (exact) mass is 276 g/mol. The first-order valence-corrected chi connectivity index (χ1v) is 7.27. The quantitative estimate of drug-likeness (QED) is 0.876. The highest BCUT2D eigenvalue weighted by Gasteiger charge is 2.21. The van der Waals surface area contributed by atoms with Gasteiger partial charge in [-0.2, -0.15) is 0 Å². The van der Waals surface area contributed by atoms with E-state index in [1.54, 1.807) is 43.3 Å². The summed E-state index contributed by atoms with van der Waals surface area (Å²) < 4.78 is 26.2. The lowest BCUT2D eigenvalue weighted by molar-refractivity contribution is 0.594. The summed E-state index contributed by atoms with van der Waals surface area (Å²) in [6.45, 7) is 1.79. The van der Waals surface area contributed by atoms with Gasteiger partial charge >= 0.3 is 0 Å². The summed E-state index contributed by atoms with van der Waals surface area (Å²) >= 11 is 0. The smallest absolute Gasteiger partial charge is 0.264 e. The van der Waals surface area contributed by atoms with Gasteiger partial charge in [0, 0.05) is 12.7 Å². The standard InChI is InChI=1S/C14H16N2O2S/c1-11-10-13(8-9-14(11)15)19(17,18)16(2)12-6-4-3-5-7-12/h3-10H,15H2,1-2H3. The summed E-state index contributed by atoms with van der Waals surface area (Å²) in [7, 11) is -2.02. The van der Waals surface area contributed by atoms with Crippen LogP contribution in [0, 0.1) is 6.92 Å². The minimum atomic E-state index is -3.55. The first-order chi connectivity index (χ1) is 8.93. The largest absolute Gasteiger partial charge is 0.399 e. The van der Waals surface area contributed by atoms with E-state index in [1.807, 2.05) is 6.07 Å². The van der Waals surface area contributed by atoms with Gasteiger partial charge in [0.25, 0.3) is 10.0 Å². The second-order valence-electron chi connectivity index (χ2n) is 4.33. The zero-order valence-corrected chi connectivity index (χ0v) is 11.7. The van der Waals surface area contributed by atoms with Crippen molar-refractivity contribution in [1.82, 2.24) is 0 Å². The van der Waals surface area contributed by atoms with Gasteiger partial charge in [-0.15, -0.1) is 0 Å². The fraction of sp³-hybridized carbons (Fsp3) is 0.143. The summed E-state index contributed by atoms with van der Waals surface area (Å²) in [5, 5.41) is 0. The Hall–Kier alpha value is -2.01. The van der Waals surface area contributed by atoms with Gasteiger partial charge in [-0.1, -0.05) is 18.2 Å². The summed E-state index contributed by atoms with van der Waals surface area (Å²) in [4.78, 5) is 0.241. The summed E-state index contributed by atoms with van der Waals surface area (Å²) in [6.07, 6.45) is 0. The summed E-state index contributed by atoms with van der Waals surface area (Å²) in [5.41, 5.74) is 7.67. The average Bonchev–Trinajstić information content (AvgIpc) is 2.41. The fourth-order valence-electron chi connectivity index (χ4n) is 1.74. The second kappa shape index (κ2) is 4.93. The van der Waals surface area contributed by atoms with E-state index in [1.165, 1.54) is 17.4 Å². The summed E-state index contributed by atoms with van der Waals surface area (Å²) in [5.74, 6) is 0. The Morgan fingerprint density at radius 3 is 2.26 bits per heavy atom. The first kappa shape index (κ1) is 13.4. The molecule has 0 atom stereocenters. The van der Waals surface area contributed by atoms with Crippen LogP contribution in [0.5, 0.6) is 0 Å². The van der Waals surface area contributed by atoms with Gasteiger partial charge in [0.05, 0.1) is 10.6 Å². The Bertz CT molecular complexity index is 682. The van der Waals surface area contributed by atoms with Gasteiger partial charge in [0.15, 0.2) is 0 Å². The Balaban J connectivity index is 2.45. The van der Waals surface area contributed by atoms with Crippen LogP contribution in [0.15, 0.2) is 53.4 Å². The number of sulfonamides is 1. The van der Waals surface area contributed by atoms with Crippen LogP contribution in [-0.2, 0) is 10.0 Å². The van der Waals surface area contributed by atoms with Crippen molar-refractivity contribution in [1.29, 1.82) is 0 Å². The van der Waals surface area contributed by atoms with Crippen LogP contribution in [0.4, 0.5) is 11.4 Å². The average molecular weight is 276 g/mol. The van der Waals surface area contributed by atoms with Gasteiger partial charge in [0.2, 0.25) is 0 Å². The maximum atomic E-state index is 12.5. The lowest BCUT2D eigenvalue weighted by Crippen LogP contribution is -2.26. The van der Waals surface area contributed by atoms with Gasteiger partial charge in [-0.05, 0) is 42.8 Å². The molecule has 0 saturated heterocycles. The van der Waals surface area contributed by atoms with Crippen LogP contribution in [0.2, 0.25) is 0 Å². The Morgan fingerprint density at radius 1 is 1.05 bits per heavy atom. The highest BCUT2D eigenvalue weighted by molar-refractivity contribution is 7.92. The van der Waals surface area contributed by atoms with Gasteiger partial charge in [-0.25, -0.2) is 8.42 Å². The van der Waals surface area contributed by atoms with E-state index in [9.17, 15) is 8.42 Å². The number of nitrogens with two attached hydrogens (primary N) is 1. The molecule has 0 fully saturated rings. The molecule has 2 N–H and O–H groups in total. The number of anilines is 2. The number of para-hydroxylation sites is 1. The van der Waals surface area contributed by atoms with Crippen LogP contribution >= 0.6 is 0 Å². The molecule has 0 bridgehead atoms. The molecule has 19 heavy (non-hydrogen) atoms. The molecule has 0 radical (unpaired) electrons. The van der Waals surface area contributed by atoms with Gasteiger partial charge in [-0.3, -0.25) is 4.31 Å². The lowest BCUT2D eigenvalue weighted by Gasteiger charge is -2.19. The van der Waals surface area contributed by atoms with Crippen LogP contribution in [0.25, 0.3) is 0 Å². The number of aryl methyl sites for hydroxylation is 1. The Morgan fingerprint density at radius 2 is 1.68 bits per heavy atom. The number of nitrogen functional groups attached to an aromatic ring is 1. The lowest BCUT2D eigenvalue weighted by atomic mass is 10.2. The van der Waals surface area contributed by atoms with E-state index in [0.29, 0.717) is 11.4 Å². The van der Waals surface area contributed by atoms with Crippen LogP contribution < -0.4 is 10.0 Å². The predicted octanol–water partition coefficient (Wildman–Crippen LogP) is 2.40. The molecule has 0 saturated carbocycles. The molecule has 0 unspecified atom stereocenters. The Kier molecular flexibility index (Phi) is 3.48. The highest BCUT2D eigenvalue weighted by atomic mass is 32.2. The van der Waals surface area contributed by atoms with E-state index in [-0.39, 0.29) is 4.90 Å². The topological polar surface area (TPSA) is 63.4 Å². The van der Waals surface area contributed by atoms with Gasteiger partial charge in [0.1, 0.15) is 0 Å². The molecule has 2 aromatic rings. The molecule has 4 nitrogen and oxygen atoms in total. The van der Waals surface area contributed by atoms with Crippen LogP contribution in [-0.4, -0.2) is 15.5 Å². The highest BCUT2D eigenvalue weighted by Crippen LogP contribution is 2.23. The third-order valence-electron chi connectivity index (χ3n) is 3.02. The number of rotatable bonds is 3. The number of benzene rings is 2. The minimum Gasteiger partial charge on any atom is -0.399 e. The van der Waals surface area contributed by atoms with Gasteiger partial charge < -0.3 is 5.73 Å². The van der Waals surface area contributed by atoms with Crippen LogP contribution in [0.3, 0.4) is 0 Å². The molecule has 0 amide bonds. The normalized spacial score (nSPS) is 11.3. The van der Waals surface area contributed by atoms with Crippen molar-refractivity contribution in [2.45, 2.75) is 11.8 Å². The third kappa shape index (κ3) is 2.56. The van der Waals surface area contributed by atoms with E-state index in [0.717, 1.165) is 5.56 Å². The molecule has 0 aliphatic carbocycles. The molecule has 5 heteroatoms. The molecule has 2 aromatic carbocycles. The maximum Gasteiger partial charge on any atom is 0.264 e. The van der Waals surface area contributed by atoms with E-state index in [4.69, 9.17) is 5.73 Å². The fourth-order valence-corrected chi connectivity index (χ4v) is 3.02. The molecule has 0 spiro atoms. The van der Waals surface area contributed by atoms with Crippen molar-refractivity contribution in [3.05, 3.63) is 54.1 Å². The molecule has 0 aliphatic rings. The molecule has 0 heterocycles. The zero-order chi connectivity index (χ0) is 14.0.